The maximum absolute atomic E-state index is 10.6. The molecule has 0 bridgehead atoms. The van der Waals surface area contributed by atoms with E-state index in [0.29, 0.717) is 6.42 Å². The lowest BCUT2D eigenvalue weighted by Crippen LogP contribution is -2.02. The van der Waals surface area contributed by atoms with Crippen molar-refractivity contribution in [2.75, 3.05) is 0 Å². The summed E-state index contributed by atoms with van der Waals surface area (Å²) in [5.74, 6) is -0.767. The fraction of sp³-hybridized carbons (Fsp3) is 0.250. The first-order chi connectivity index (χ1) is 7.61. The zero-order chi connectivity index (χ0) is 11.7. The standard InChI is InChI=1S/C12H12BrNO2/c1-14-9-5-3-2-4-8(9)12(13)10(14)6-7-11(15)16/h2-5H,6-7H2,1H3,(H,15,16). The number of carbonyl (C=O) groups is 1. The lowest BCUT2D eigenvalue weighted by molar-refractivity contribution is -0.136. The number of carboxylic acids is 1. The number of hydrogen-bond acceptors (Lipinski definition) is 1. The zero-order valence-corrected chi connectivity index (χ0v) is 10.5. The highest BCUT2D eigenvalue weighted by molar-refractivity contribution is 9.10. The number of halogens is 1. The van der Waals surface area contributed by atoms with E-state index in [-0.39, 0.29) is 6.42 Å². The highest BCUT2D eigenvalue weighted by atomic mass is 79.9. The third-order valence-corrected chi connectivity index (χ3v) is 3.62. The summed E-state index contributed by atoms with van der Waals surface area (Å²) >= 11 is 3.54. The van der Waals surface area contributed by atoms with Crippen molar-refractivity contribution in [1.82, 2.24) is 4.57 Å². The summed E-state index contributed by atoms with van der Waals surface area (Å²) in [6.07, 6.45) is 0.698. The van der Waals surface area contributed by atoms with E-state index in [1.54, 1.807) is 0 Å². The van der Waals surface area contributed by atoms with Crippen molar-refractivity contribution in [1.29, 1.82) is 0 Å². The van der Waals surface area contributed by atoms with Crippen LogP contribution in [-0.4, -0.2) is 15.6 Å². The van der Waals surface area contributed by atoms with Crippen LogP contribution in [0.3, 0.4) is 0 Å². The first-order valence-corrected chi connectivity index (χ1v) is 5.84. The predicted molar refractivity (Wildman–Crippen MR) is 66.6 cm³/mol. The van der Waals surface area contributed by atoms with Gasteiger partial charge in [0.1, 0.15) is 0 Å². The third-order valence-electron chi connectivity index (χ3n) is 2.74. The second-order valence-electron chi connectivity index (χ2n) is 3.73. The van der Waals surface area contributed by atoms with Crippen LogP contribution in [0, 0.1) is 0 Å². The van der Waals surface area contributed by atoms with E-state index < -0.39 is 5.97 Å². The van der Waals surface area contributed by atoms with Crippen LogP contribution in [0.5, 0.6) is 0 Å². The molecule has 2 aromatic rings. The van der Waals surface area contributed by atoms with E-state index in [1.807, 2.05) is 35.9 Å². The normalized spacial score (nSPS) is 10.9. The number of aliphatic carboxylic acids is 1. The number of rotatable bonds is 3. The van der Waals surface area contributed by atoms with Gasteiger partial charge < -0.3 is 9.67 Å². The Morgan fingerprint density at radius 1 is 1.44 bits per heavy atom. The number of carboxylic acid groups (broad SMARTS) is 1. The molecule has 0 radical (unpaired) electrons. The Kier molecular flexibility index (Phi) is 3.01. The van der Waals surface area contributed by atoms with Gasteiger partial charge in [-0.15, -0.1) is 0 Å². The second kappa shape index (κ2) is 4.29. The van der Waals surface area contributed by atoms with Crippen molar-refractivity contribution in [3.8, 4) is 0 Å². The number of benzene rings is 1. The van der Waals surface area contributed by atoms with Gasteiger partial charge in [0.05, 0.1) is 6.42 Å². The minimum Gasteiger partial charge on any atom is -0.481 e. The van der Waals surface area contributed by atoms with E-state index in [0.717, 1.165) is 21.1 Å². The number of aromatic nitrogens is 1. The molecule has 0 atom stereocenters. The van der Waals surface area contributed by atoms with Crippen molar-refractivity contribution in [2.45, 2.75) is 12.8 Å². The molecule has 0 aliphatic rings. The van der Waals surface area contributed by atoms with Gasteiger partial charge in [-0.05, 0) is 28.4 Å². The highest BCUT2D eigenvalue weighted by Gasteiger charge is 2.13. The summed E-state index contributed by atoms with van der Waals surface area (Å²) in [7, 11) is 1.96. The zero-order valence-electron chi connectivity index (χ0n) is 8.90. The van der Waals surface area contributed by atoms with Gasteiger partial charge >= 0.3 is 5.97 Å². The lowest BCUT2D eigenvalue weighted by Gasteiger charge is -2.02. The second-order valence-corrected chi connectivity index (χ2v) is 4.52. The quantitative estimate of drug-likeness (QED) is 0.940. The molecule has 1 aromatic heterocycles. The van der Waals surface area contributed by atoms with Crippen LogP contribution in [0.2, 0.25) is 0 Å². The van der Waals surface area contributed by atoms with Gasteiger partial charge in [-0.3, -0.25) is 4.79 Å². The maximum atomic E-state index is 10.6. The summed E-state index contributed by atoms with van der Waals surface area (Å²) in [4.78, 5) is 10.6. The molecular formula is C12H12BrNO2. The Hall–Kier alpha value is -1.29. The first kappa shape index (κ1) is 11.2. The van der Waals surface area contributed by atoms with Crippen LogP contribution in [0.15, 0.2) is 28.7 Å². The molecule has 4 heteroatoms. The fourth-order valence-corrected chi connectivity index (χ4v) is 2.70. The summed E-state index contributed by atoms with van der Waals surface area (Å²) < 4.78 is 3.05. The van der Waals surface area contributed by atoms with Crippen molar-refractivity contribution in [3.05, 3.63) is 34.4 Å². The minimum absolute atomic E-state index is 0.156. The molecular weight excluding hydrogens is 270 g/mol. The van der Waals surface area contributed by atoms with Crippen LogP contribution in [-0.2, 0) is 18.3 Å². The Bertz CT molecular complexity index is 506. The monoisotopic (exact) mass is 281 g/mol. The summed E-state index contributed by atoms with van der Waals surface area (Å²) in [5, 5.41) is 9.84. The largest absolute Gasteiger partial charge is 0.481 e. The molecule has 16 heavy (non-hydrogen) atoms. The van der Waals surface area contributed by atoms with Crippen LogP contribution in [0.25, 0.3) is 10.9 Å². The average Bonchev–Trinajstić information content (AvgIpc) is 2.50. The number of para-hydroxylation sites is 1. The van der Waals surface area contributed by atoms with Crippen molar-refractivity contribution in [2.24, 2.45) is 7.05 Å². The van der Waals surface area contributed by atoms with Crippen LogP contribution < -0.4 is 0 Å². The molecule has 84 valence electrons. The molecule has 0 spiro atoms. The topological polar surface area (TPSA) is 42.2 Å². The maximum Gasteiger partial charge on any atom is 0.303 e. The SMILES string of the molecule is Cn1c(CCC(=O)O)c(Br)c2ccccc21. The smallest absolute Gasteiger partial charge is 0.303 e. The summed E-state index contributed by atoms with van der Waals surface area (Å²) in [6.45, 7) is 0. The van der Waals surface area contributed by atoms with Gasteiger partial charge in [-0.25, -0.2) is 0 Å². The van der Waals surface area contributed by atoms with Gasteiger partial charge in [0.2, 0.25) is 0 Å². The minimum atomic E-state index is -0.767. The van der Waals surface area contributed by atoms with Gasteiger partial charge in [0.25, 0.3) is 0 Å². The van der Waals surface area contributed by atoms with E-state index in [1.165, 1.54) is 0 Å². The summed E-state index contributed by atoms with van der Waals surface area (Å²) in [5.41, 5.74) is 2.15. The fourth-order valence-electron chi connectivity index (χ4n) is 1.90. The number of fused-ring (bicyclic) bond motifs is 1. The number of aryl methyl sites for hydroxylation is 1. The molecule has 0 unspecified atom stereocenters. The summed E-state index contributed by atoms with van der Waals surface area (Å²) in [6, 6.07) is 8.03. The van der Waals surface area contributed by atoms with Crippen molar-refractivity contribution < 1.29 is 9.90 Å². The molecule has 3 nitrogen and oxygen atoms in total. The van der Waals surface area contributed by atoms with Gasteiger partial charge in [0, 0.05) is 28.1 Å². The molecule has 0 aliphatic heterocycles. The molecule has 0 saturated carbocycles. The Morgan fingerprint density at radius 2 is 2.12 bits per heavy atom. The first-order valence-electron chi connectivity index (χ1n) is 5.05. The highest BCUT2D eigenvalue weighted by Crippen LogP contribution is 2.30. The van der Waals surface area contributed by atoms with Gasteiger partial charge in [-0.2, -0.15) is 0 Å². The predicted octanol–water partition coefficient (Wildman–Crippen LogP) is 2.96. The molecule has 1 heterocycles. The van der Waals surface area contributed by atoms with Crippen molar-refractivity contribution >= 4 is 32.8 Å². The van der Waals surface area contributed by atoms with E-state index in [2.05, 4.69) is 15.9 Å². The molecule has 0 amide bonds. The lowest BCUT2D eigenvalue weighted by atomic mass is 10.2. The van der Waals surface area contributed by atoms with Crippen molar-refractivity contribution in [3.63, 3.8) is 0 Å². The molecule has 0 aliphatic carbocycles. The molecule has 2 rings (SSSR count). The number of nitrogens with zero attached hydrogens (tertiary/aromatic N) is 1. The molecule has 1 aromatic carbocycles. The Balaban J connectivity index is 2.48. The Labute approximate surface area is 102 Å². The molecule has 1 N–H and O–H groups in total. The average molecular weight is 282 g/mol. The van der Waals surface area contributed by atoms with E-state index in [9.17, 15) is 4.79 Å². The molecule has 0 fully saturated rings. The van der Waals surface area contributed by atoms with Gasteiger partial charge in [0.15, 0.2) is 0 Å². The van der Waals surface area contributed by atoms with Crippen LogP contribution in [0.1, 0.15) is 12.1 Å². The molecule has 0 saturated heterocycles. The Morgan fingerprint density at radius 3 is 2.75 bits per heavy atom. The third kappa shape index (κ3) is 1.85. The van der Waals surface area contributed by atoms with Crippen LogP contribution in [0.4, 0.5) is 0 Å². The van der Waals surface area contributed by atoms with Crippen LogP contribution >= 0.6 is 15.9 Å². The number of hydrogen-bond donors (Lipinski definition) is 1. The van der Waals surface area contributed by atoms with E-state index >= 15 is 0 Å². The van der Waals surface area contributed by atoms with E-state index in [4.69, 9.17) is 5.11 Å². The van der Waals surface area contributed by atoms with Gasteiger partial charge in [-0.1, -0.05) is 18.2 Å².